The number of carbonyl (C=O) groups is 2. The summed E-state index contributed by atoms with van der Waals surface area (Å²) in [6, 6.07) is 4.71. The van der Waals surface area contributed by atoms with Crippen LogP contribution in [-0.4, -0.2) is 35.7 Å². The summed E-state index contributed by atoms with van der Waals surface area (Å²) in [5, 5.41) is 10.3. The quantitative estimate of drug-likeness (QED) is 0.297. The van der Waals surface area contributed by atoms with Crippen molar-refractivity contribution in [2.24, 2.45) is 0 Å². The van der Waals surface area contributed by atoms with Gasteiger partial charge in [0.05, 0.1) is 23.3 Å². The van der Waals surface area contributed by atoms with Gasteiger partial charge in [-0.25, -0.2) is 13.6 Å². The van der Waals surface area contributed by atoms with Crippen LogP contribution < -0.4 is 9.64 Å². The van der Waals surface area contributed by atoms with Gasteiger partial charge in [-0.05, 0) is 112 Å². The number of ether oxygens (including phenoxy) is 2. The number of rotatable bonds is 5. The Morgan fingerprint density at radius 3 is 2.36 bits per heavy atom. The second kappa shape index (κ2) is 11.2. The number of aryl methyl sites for hydroxylation is 1. The van der Waals surface area contributed by atoms with Gasteiger partial charge >= 0.3 is 12.1 Å². The average molecular weight is 618 g/mol. The standard InChI is InChI=1S/C33H32F5NO5/c1-16-13-25-21(10-11-39(25)30(40)20-9-8-18(34)14-23(20)33(36,37)38)27(26(16)29(31(41)42)44-32(3,4)5)22-15-24(35)28-19(17(22)2)7-6-12-43-28/h8-9,13-15,29H,6-7,10-12H2,1-5H3,(H,41,42). The predicted octanol–water partition coefficient (Wildman–Crippen LogP) is 7.74. The number of hydrogen-bond donors (Lipinski definition) is 1. The summed E-state index contributed by atoms with van der Waals surface area (Å²) < 4.78 is 82.5. The minimum Gasteiger partial charge on any atom is -0.490 e. The number of halogens is 5. The SMILES string of the molecule is Cc1cc2c(c(-c3cc(F)c4c(c3C)CCCO4)c1C(OC(C)(C)C)C(=O)O)CCN2C(=O)c1ccc(F)cc1C(F)(F)F. The number of carbonyl (C=O) groups excluding carboxylic acids is 1. The number of alkyl halides is 3. The van der Waals surface area contributed by atoms with Crippen LogP contribution in [0.3, 0.4) is 0 Å². The van der Waals surface area contributed by atoms with Gasteiger partial charge in [0.15, 0.2) is 17.7 Å². The summed E-state index contributed by atoms with van der Waals surface area (Å²) in [4.78, 5) is 27.5. The molecule has 1 amide bonds. The van der Waals surface area contributed by atoms with Gasteiger partial charge in [0, 0.05) is 23.4 Å². The fourth-order valence-electron chi connectivity index (χ4n) is 6.14. The van der Waals surface area contributed by atoms with Crippen LogP contribution in [0.15, 0.2) is 30.3 Å². The fourth-order valence-corrected chi connectivity index (χ4v) is 6.14. The van der Waals surface area contributed by atoms with Gasteiger partial charge in [0.1, 0.15) is 5.82 Å². The van der Waals surface area contributed by atoms with Crippen LogP contribution in [0.1, 0.15) is 77.0 Å². The molecule has 0 fully saturated rings. The van der Waals surface area contributed by atoms with Gasteiger partial charge in [-0.1, -0.05) is 0 Å². The lowest BCUT2D eigenvalue weighted by Gasteiger charge is -2.30. The number of nitrogens with zero attached hydrogens (tertiary/aromatic N) is 1. The van der Waals surface area contributed by atoms with Crippen molar-refractivity contribution in [2.75, 3.05) is 18.1 Å². The zero-order valence-electron chi connectivity index (χ0n) is 24.9. The summed E-state index contributed by atoms with van der Waals surface area (Å²) in [5.74, 6) is -3.90. The highest BCUT2D eigenvalue weighted by Gasteiger charge is 2.40. The molecule has 0 spiro atoms. The van der Waals surface area contributed by atoms with E-state index in [1.54, 1.807) is 40.7 Å². The molecule has 1 unspecified atom stereocenters. The topological polar surface area (TPSA) is 76.1 Å². The molecule has 0 saturated heterocycles. The van der Waals surface area contributed by atoms with E-state index in [1.807, 2.05) is 0 Å². The van der Waals surface area contributed by atoms with E-state index < -0.39 is 52.5 Å². The van der Waals surface area contributed by atoms with E-state index in [0.29, 0.717) is 52.8 Å². The molecule has 0 radical (unpaired) electrons. The zero-order valence-corrected chi connectivity index (χ0v) is 24.9. The number of fused-ring (bicyclic) bond motifs is 2. The first-order valence-electron chi connectivity index (χ1n) is 14.2. The third kappa shape index (κ3) is 5.65. The maximum absolute atomic E-state index is 15.6. The van der Waals surface area contributed by atoms with Gasteiger partial charge in [-0.15, -0.1) is 0 Å². The molecule has 11 heteroatoms. The first-order valence-corrected chi connectivity index (χ1v) is 14.2. The maximum Gasteiger partial charge on any atom is 0.417 e. The van der Waals surface area contributed by atoms with Crippen LogP contribution in [-0.2, 0) is 28.5 Å². The van der Waals surface area contributed by atoms with Crippen molar-refractivity contribution in [2.45, 2.75) is 71.8 Å². The Morgan fingerprint density at radius 1 is 1.02 bits per heavy atom. The lowest BCUT2D eigenvalue weighted by molar-refractivity contribution is -0.160. The largest absolute Gasteiger partial charge is 0.490 e. The Labute approximate surface area is 251 Å². The van der Waals surface area contributed by atoms with Crippen molar-refractivity contribution in [1.82, 2.24) is 0 Å². The van der Waals surface area contributed by atoms with E-state index in [1.165, 1.54) is 11.0 Å². The van der Waals surface area contributed by atoms with Crippen LogP contribution in [0.4, 0.5) is 27.6 Å². The molecule has 6 nitrogen and oxygen atoms in total. The van der Waals surface area contributed by atoms with Crippen molar-refractivity contribution in [3.63, 3.8) is 0 Å². The first kappa shape index (κ1) is 31.4. The van der Waals surface area contributed by atoms with Gasteiger partial charge in [-0.2, -0.15) is 13.2 Å². The predicted molar refractivity (Wildman–Crippen MR) is 153 cm³/mol. The van der Waals surface area contributed by atoms with Crippen molar-refractivity contribution in [3.8, 4) is 16.9 Å². The first-order chi connectivity index (χ1) is 20.5. The minimum absolute atomic E-state index is 0.0355. The number of carboxylic acids is 1. The summed E-state index contributed by atoms with van der Waals surface area (Å²) in [5.41, 5.74) is 0.412. The maximum atomic E-state index is 15.6. The fraction of sp³-hybridized carbons (Fsp3) is 0.394. The summed E-state index contributed by atoms with van der Waals surface area (Å²) >= 11 is 0. The van der Waals surface area contributed by atoms with Crippen molar-refractivity contribution < 1.29 is 46.1 Å². The van der Waals surface area contributed by atoms with Crippen molar-refractivity contribution in [3.05, 3.63) is 80.9 Å². The number of hydrogen-bond acceptors (Lipinski definition) is 4. The van der Waals surface area contributed by atoms with Gasteiger partial charge in [-0.3, -0.25) is 4.79 Å². The minimum atomic E-state index is -4.99. The molecule has 1 N–H and O–H groups in total. The molecule has 2 aliphatic rings. The highest BCUT2D eigenvalue weighted by molar-refractivity contribution is 6.09. The molecular formula is C33H32F5NO5. The molecule has 44 heavy (non-hydrogen) atoms. The Balaban J connectivity index is 1.78. The molecule has 234 valence electrons. The van der Waals surface area contributed by atoms with Gasteiger partial charge in [0.25, 0.3) is 5.91 Å². The van der Waals surface area contributed by atoms with Gasteiger partial charge < -0.3 is 19.5 Å². The van der Waals surface area contributed by atoms with Crippen LogP contribution in [0.2, 0.25) is 0 Å². The molecule has 0 bridgehead atoms. The number of amides is 1. The Bertz CT molecular complexity index is 1670. The summed E-state index contributed by atoms with van der Waals surface area (Å²) in [6.07, 6.45) is -5.14. The molecule has 2 heterocycles. The molecule has 2 aliphatic heterocycles. The van der Waals surface area contributed by atoms with E-state index in [9.17, 15) is 32.3 Å². The Morgan fingerprint density at radius 2 is 1.73 bits per heavy atom. The molecule has 1 atom stereocenters. The highest BCUT2D eigenvalue weighted by atomic mass is 19.4. The van der Waals surface area contributed by atoms with E-state index in [2.05, 4.69) is 0 Å². The van der Waals surface area contributed by atoms with Crippen molar-refractivity contribution >= 4 is 17.6 Å². The zero-order chi connectivity index (χ0) is 32.3. The normalized spacial score (nSPS) is 15.5. The third-order valence-corrected chi connectivity index (χ3v) is 7.96. The monoisotopic (exact) mass is 617 g/mol. The molecule has 0 aliphatic carbocycles. The average Bonchev–Trinajstić information content (AvgIpc) is 3.35. The number of aliphatic carboxylic acids is 1. The molecule has 5 rings (SSSR count). The lowest BCUT2D eigenvalue weighted by Crippen LogP contribution is -2.31. The number of carboxylic acid groups (broad SMARTS) is 1. The van der Waals surface area contributed by atoms with Crippen LogP contribution in [0, 0.1) is 25.5 Å². The number of anilines is 1. The number of benzene rings is 3. The third-order valence-electron chi connectivity index (χ3n) is 7.96. The van der Waals surface area contributed by atoms with Crippen LogP contribution in [0.5, 0.6) is 5.75 Å². The molecular weight excluding hydrogens is 585 g/mol. The Hall–Kier alpha value is -3.99. The molecule has 0 aromatic heterocycles. The second-order valence-electron chi connectivity index (χ2n) is 12.1. The van der Waals surface area contributed by atoms with E-state index in [-0.39, 0.29) is 36.0 Å². The molecule has 3 aromatic rings. The smallest absolute Gasteiger partial charge is 0.417 e. The highest BCUT2D eigenvalue weighted by Crippen LogP contribution is 2.48. The molecule has 3 aromatic carbocycles. The van der Waals surface area contributed by atoms with Gasteiger partial charge in [0.2, 0.25) is 0 Å². The Kier molecular flexibility index (Phi) is 7.99. The van der Waals surface area contributed by atoms with E-state index in [4.69, 9.17) is 9.47 Å². The van der Waals surface area contributed by atoms with Crippen LogP contribution >= 0.6 is 0 Å². The molecule has 0 saturated carbocycles. The lowest BCUT2D eigenvalue weighted by atomic mass is 9.83. The van der Waals surface area contributed by atoms with E-state index >= 15 is 4.39 Å². The van der Waals surface area contributed by atoms with Crippen LogP contribution in [0.25, 0.3) is 11.1 Å². The second-order valence-corrected chi connectivity index (χ2v) is 12.1. The van der Waals surface area contributed by atoms with Crippen molar-refractivity contribution in [1.29, 1.82) is 0 Å². The summed E-state index contributed by atoms with van der Waals surface area (Å²) in [7, 11) is 0. The summed E-state index contributed by atoms with van der Waals surface area (Å²) in [6.45, 7) is 8.83. The van der Waals surface area contributed by atoms with E-state index in [0.717, 1.165) is 12.1 Å².